The molecule has 4 rings (SSSR count). The highest BCUT2D eigenvalue weighted by molar-refractivity contribution is 5.87. The molecule has 2 aliphatic rings. The lowest BCUT2D eigenvalue weighted by Gasteiger charge is -2.34. The van der Waals surface area contributed by atoms with E-state index >= 15 is 0 Å². The third-order valence-electron chi connectivity index (χ3n) is 7.14. The summed E-state index contributed by atoms with van der Waals surface area (Å²) in [6.45, 7) is 5.73. The molecule has 2 aromatic carbocycles. The van der Waals surface area contributed by atoms with Gasteiger partial charge in [0.2, 0.25) is 5.91 Å². The van der Waals surface area contributed by atoms with Crippen LogP contribution in [0.4, 0.5) is 4.79 Å². The number of hydrogen-bond donors (Lipinski definition) is 3. The minimum atomic E-state index is -0.896. The number of hydrogen-bond acceptors (Lipinski definition) is 4. The summed E-state index contributed by atoms with van der Waals surface area (Å²) in [5, 5.41) is 15.2. The summed E-state index contributed by atoms with van der Waals surface area (Å²) in [6.07, 6.45) is 2.20. The van der Waals surface area contributed by atoms with Crippen molar-refractivity contribution in [1.29, 1.82) is 0 Å². The van der Waals surface area contributed by atoms with Gasteiger partial charge in [-0.3, -0.25) is 9.59 Å². The van der Waals surface area contributed by atoms with E-state index < -0.39 is 35.5 Å². The number of carbonyl (C=O) groups excluding carboxylic acids is 2. The Bertz CT molecular complexity index is 1060. The van der Waals surface area contributed by atoms with Gasteiger partial charge in [0, 0.05) is 12.0 Å². The molecular weight excluding hydrogens is 444 g/mol. The third-order valence-corrected chi connectivity index (χ3v) is 7.14. The van der Waals surface area contributed by atoms with Gasteiger partial charge < -0.3 is 20.5 Å². The van der Waals surface area contributed by atoms with E-state index in [4.69, 9.17) is 4.74 Å². The van der Waals surface area contributed by atoms with Crippen LogP contribution in [0.3, 0.4) is 0 Å². The Hall–Kier alpha value is -3.35. The number of carboxylic acid groups (broad SMARTS) is 1. The Labute approximate surface area is 206 Å². The monoisotopic (exact) mass is 478 g/mol. The highest BCUT2D eigenvalue weighted by Crippen LogP contribution is 2.44. The molecule has 0 bridgehead atoms. The van der Waals surface area contributed by atoms with Crippen molar-refractivity contribution in [3.8, 4) is 11.1 Å². The van der Waals surface area contributed by atoms with E-state index in [-0.39, 0.29) is 18.4 Å². The number of carbonyl (C=O) groups is 3. The molecular formula is C28H34N2O5. The number of fused-ring (bicyclic) bond motifs is 3. The second-order valence-electron chi connectivity index (χ2n) is 10.6. The van der Waals surface area contributed by atoms with Gasteiger partial charge in [0.05, 0.1) is 5.92 Å². The topological polar surface area (TPSA) is 105 Å². The SMILES string of the molecule is CC(C)(C)[C@H](NC(=O)OCC1c2ccccc2-c2ccccc21)C(=O)NC1CCCCC1C(=O)O. The maximum Gasteiger partial charge on any atom is 0.407 e. The van der Waals surface area contributed by atoms with Gasteiger partial charge in [0.1, 0.15) is 12.6 Å². The van der Waals surface area contributed by atoms with Gasteiger partial charge in [-0.05, 0) is 40.5 Å². The van der Waals surface area contributed by atoms with Crippen LogP contribution in [0.5, 0.6) is 0 Å². The summed E-state index contributed by atoms with van der Waals surface area (Å²) in [7, 11) is 0. The van der Waals surface area contributed by atoms with Crippen molar-refractivity contribution in [3.63, 3.8) is 0 Å². The number of rotatable bonds is 6. The molecule has 35 heavy (non-hydrogen) atoms. The van der Waals surface area contributed by atoms with Crippen molar-refractivity contribution in [2.75, 3.05) is 6.61 Å². The number of aliphatic carboxylic acids is 1. The van der Waals surface area contributed by atoms with E-state index in [1.807, 2.05) is 45.0 Å². The van der Waals surface area contributed by atoms with E-state index in [1.54, 1.807) is 0 Å². The van der Waals surface area contributed by atoms with E-state index in [0.717, 1.165) is 35.1 Å². The van der Waals surface area contributed by atoms with Crippen molar-refractivity contribution in [3.05, 3.63) is 59.7 Å². The van der Waals surface area contributed by atoms with E-state index in [2.05, 4.69) is 34.9 Å². The van der Waals surface area contributed by atoms with Crippen molar-refractivity contribution in [2.45, 2.75) is 64.5 Å². The summed E-state index contributed by atoms with van der Waals surface area (Å²) >= 11 is 0. The smallest absolute Gasteiger partial charge is 0.407 e. The molecule has 2 amide bonds. The van der Waals surface area contributed by atoms with Gasteiger partial charge in [-0.25, -0.2) is 4.79 Å². The second-order valence-corrected chi connectivity index (χ2v) is 10.6. The summed E-state index contributed by atoms with van der Waals surface area (Å²) < 4.78 is 5.64. The van der Waals surface area contributed by atoms with Gasteiger partial charge in [-0.15, -0.1) is 0 Å². The highest BCUT2D eigenvalue weighted by Gasteiger charge is 2.38. The van der Waals surface area contributed by atoms with Crippen LogP contribution in [0.25, 0.3) is 11.1 Å². The fourth-order valence-corrected chi connectivity index (χ4v) is 5.30. The van der Waals surface area contributed by atoms with Crippen molar-refractivity contribution in [1.82, 2.24) is 10.6 Å². The summed E-state index contributed by atoms with van der Waals surface area (Å²) in [5.74, 6) is -1.97. The Morgan fingerprint density at radius 3 is 2.11 bits per heavy atom. The number of benzene rings is 2. The molecule has 0 heterocycles. The molecule has 0 radical (unpaired) electrons. The lowest BCUT2D eigenvalue weighted by Crippen LogP contribution is -2.57. The maximum atomic E-state index is 13.2. The van der Waals surface area contributed by atoms with Crippen molar-refractivity contribution in [2.24, 2.45) is 11.3 Å². The predicted octanol–water partition coefficient (Wildman–Crippen LogP) is 4.70. The molecule has 0 saturated heterocycles. The van der Waals surface area contributed by atoms with Crippen LogP contribution in [0.15, 0.2) is 48.5 Å². The summed E-state index contributed by atoms with van der Waals surface area (Å²) in [5.41, 5.74) is 3.92. The maximum absolute atomic E-state index is 13.2. The quantitative estimate of drug-likeness (QED) is 0.558. The molecule has 0 aromatic heterocycles. The van der Waals surface area contributed by atoms with Crippen LogP contribution < -0.4 is 10.6 Å². The lowest BCUT2D eigenvalue weighted by molar-refractivity contribution is -0.144. The largest absolute Gasteiger partial charge is 0.481 e. The highest BCUT2D eigenvalue weighted by atomic mass is 16.5. The number of nitrogens with one attached hydrogen (secondary N) is 2. The molecule has 1 fully saturated rings. The average molecular weight is 479 g/mol. The first-order chi connectivity index (χ1) is 16.7. The minimum absolute atomic E-state index is 0.0753. The third kappa shape index (κ3) is 5.34. The van der Waals surface area contributed by atoms with Crippen molar-refractivity contribution >= 4 is 18.0 Å². The van der Waals surface area contributed by atoms with Crippen LogP contribution in [-0.4, -0.2) is 41.8 Å². The van der Waals surface area contributed by atoms with E-state index in [1.165, 1.54) is 0 Å². The van der Waals surface area contributed by atoms with Gasteiger partial charge in [0.15, 0.2) is 0 Å². The van der Waals surface area contributed by atoms with Gasteiger partial charge in [-0.1, -0.05) is 82.1 Å². The van der Waals surface area contributed by atoms with Gasteiger partial charge in [-0.2, -0.15) is 0 Å². The zero-order valence-corrected chi connectivity index (χ0v) is 20.5. The van der Waals surface area contributed by atoms with Gasteiger partial charge in [0.25, 0.3) is 0 Å². The normalized spacial score (nSPS) is 20.3. The molecule has 0 aliphatic heterocycles. The number of ether oxygens (including phenoxy) is 1. The lowest BCUT2D eigenvalue weighted by atomic mass is 9.82. The molecule has 2 unspecified atom stereocenters. The van der Waals surface area contributed by atoms with Crippen LogP contribution in [0.1, 0.15) is 63.5 Å². The molecule has 3 N–H and O–H groups in total. The Morgan fingerprint density at radius 2 is 1.54 bits per heavy atom. The first-order valence-corrected chi connectivity index (χ1v) is 12.3. The summed E-state index contributed by atoms with van der Waals surface area (Å²) in [6, 6.07) is 14.9. The minimum Gasteiger partial charge on any atom is -0.481 e. The molecule has 3 atom stereocenters. The van der Waals surface area contributed by atoms with Gasteiger partial charge >= 0.3 is 12.1 Å². The molecule has 2 aliphatic carbocycles. The van der Waals surface area contributed by atoms with Crippen LogP contribution in [0.2, 0.25) is 0 Å². The summed E-state index contributed by atoms with van der Waals surface area (Å²) in [4.78, 5) is 37.7. The number of amides is 2. The fourth-order valence-electron chi connectivity index (χ4n) is 5.30. The van der Waals surface area contributed by atoms with Crippen molar-refractivity contribution < 1.29 is 24.2 Å². The molecule has 2 aromatic rings. The van der Waals surface area contributed by atoms with E-state index in [9.17, 15) is 19.5 Å². The van der Waals surface area contributed by atoms with Crippen LogP contribution >= 0.6 is 0 Å². The number of carboxylic acids is 1. The Kier molecular flexibility index (Phi) is 7.15. The first kappa shape index (κ1) is 24.8. The molecule has 0 spiro atoms. The first-order valence-electron chi connectivity index (χ1n) is 12.3. The predicted molar refractivity (Wildman–Crippen MR) is 133 cm³/mol. The molecule has 186 valence electrons. The Morgan fingerprint density at radius 1 is 0.971 bits per heavy atom. The second kappa shape index (κ2) is 10.1. The fraction of sp³-hybridized carbons (Fsp3) is 0.464. The molecule has 7 nitrogen and oxygen atoms in total. The van der Waals surface area contributed by atoms with Crippen LogP contribution in [-0.2, 0) is 14.3 Å². The standard InChI is InChI=1S/C28H34N2O5/c1-28(2,3)24(25(31)29-23-15-9-8-14-21(23)26(32)33)30-27(34)35-16-22-19-12-6-4-10-17(19)18-11-5-7-13-20(18)22/h4-7,10-13,21-24H,8-9,14-16H2,1-3H3,(H,29,31)(H,30,34)(H,32,33)/t21?,23?,24-/m1/s1. The van der Waals surface area contributed by atoms with Crippen LogP contribution in [0, 0.1) is 11.3 Å². The average Bonchev–Trinajstić information content (AvgIpc) is 3.14. The Balaban J connectivity index is 1.42. The zero-order valence-electron chi connectivity index (χ0n) is 20.5. The van der Waals surface area contributed by atoms with E-state index in [0.29, 0.717) is 12.8 Å². The number of alkyl carbamates (subject to hydrolysis) is 1. The molecule has 7 heteroatoms. The molecule has 1 saturated carbocycles. The zero-order chi connectivity index (χ0) is 25.2.